The molecule has 0 fully saturated rings. The number of carbonyl (C=O) groups is 1. The van der Waals surface area contributed by atoms with Gasteiger partial charge >= 0.3 is 18.3 Å². The molecule has 0 atom stereocenters. The molecule has 0 saturated heterocycles. The first kappa shape index (κ1) is 34.0. The fourth-order valence-corrected chi connectivity index (χ4v) is 5.04. The Bertz CT molecular complexity index is 952. The zero-order valence-corrected chi connectivity index (χ0v) is 22.5. The van der Waals surface area contributed by atoms with Crippen LogP contribution in [0.2, 0.25) is 0 Å². The summed E-state index contributed by atoms with van der Waals surface area (Å²) in [7, 11) is -2.38. The highest BCUT2D eigenvalue weighted by Gasteiger charge is 2.43. The summed E-state index contributed by atoms with van der Waals surface area (Å²) in [6.07, 6.45) is 0.479. The van der Waals surface area contributed by atoms with Crippen molar-refractivity contribution in [1.29, 1.82) is 0 Å². The number of sulfonamides is 1. The number of anilines is 1. The maximum atomic E-state index is 13.1. The summed E-state index contributed by atoms with van der Waals surface area (Å²) in [6, 6.07) is 1.62. The summed E-state index contributed by atoms with van der Waals surface area (Å²) in [5.41, 5.74) is -3.77. The van der Waals surface area contributed by atoms with Crippen molar-refractivity contribution in [3.8, 4) is 0 Å². The van der Waals surface area contributed by atoms with Gasteiger partial charge in [0.25, 0.3) is 0 Å². The van der Waals surface area contributed by atoms with E-state index in [9.17, 15) is 39.6 Å². The first-order valence-corrected chi connectivity index (χ1v) is 14.5. The minimum Gasteiger partial charge on any atom is -0.481 e. The van der Waals surface area contributed by atoms with Crippen LogP contribution >= 0.6 is 0 Å². The molecule has 0 heterocycles. The lowest BCUT2D eigenvalue weighted by Crippen LogP contribution is -2.33. The second kappa shape index (κ2) is 16.2. The van der Waals surface area contributed by atoms with Crippen LogP contribution < -0.4 is 9.62 Å². The third-order valence-electron chi connectivity index (χ3n) is 6.14. The number of rotatable bonds is 19. The number of alkyl halides is 6. The third kappa shape index (κ3) is 14.2. The highest BCUT2D eigenvalue weighted by Crippen LogP contribution is 2.41. The minimum atomic E-state index is -5.21. The Balaban J connectivity index is 2.27. The van der Waals surface area contributed by atoms with Crippen molar-refractivity contribution in [2.75, 3.05) is 30.8 Å². The van der Waals surface area contributed by atoms with Gasteiger partial charge in [-0.1, -0.05) is 57.8 Å². The molecule has 0 aromatic heterocycles. The largest absolute Gasteiger partial charge is 0.481 e. The average molecular weight is 577 g/mol. The fraction of sp³-hybridized carbons (Fsp3) is 0.720. The molecule has 1 aromatic rings. The smallest absolute Gasteiger partial charge is 0.417 e. The second-order valence-corrected chi connectivity index (χ2v) is 11.3. The normalized spacial score (nSPS) is 12.6. The van der Waals surface area contributed by atoms with E-state index in [2.05, 4.69) is 4.72 Å². The van der Waals surface area contributed by atoms with Crippen LogP contribution in [-0.4, -0.2) is 45.4 Å². The van der Waals surface area contributed by atoms with E-state index in [1.54, 1.807) is 0 Å². The maximum absolute atomic E-state index is 13.1. The van der Waals surface area contributed by atoms with Crippen molar-refractivity contribution in [2.24, 2.45) is 0 Å². The Morgan fingerprint density at radius 1 is 0.816 bits per heavy atom. The van der Waals surface area contributed by atoms with Crippen molar-refractivity contribution < 1.29 is 44.7 Å². The Hall–Kier alpha value is -2.02. The molecule has 0 aliphatic carbocycles. The molecule has 0 radical (unpaired) electrons. The molecule has 0 unspecified atom stereocenters. The van der Waals surface area contributed by atoms with Gasteiger partial charge in [-0.2, -0.15) is 26.3 Å². The molecular formula is C25H38F6N2O4S. The van der Waals surface area contributed by atoms with Gasteiger partial charge in [0.15, 0.2) is 0 Å². The number of benzene rings is 1. The van der Waals surface area contributed by atoms with Gasteiger partial charge in [0.1, 0.15) is 0 Å². The van der Waals surface area contributed by atoms with Gasteiger partial charge in [-0.15, -0.1) is 0 Å². The Labute approximate surface area is 220 Å². The lowest BCUT2D eigenvalue weighted by Gasteiger charge is -2.22. The molecule has 6 nitrogen and oxygen atoms in total. The van der Waals surface area contributed by atoms with E-state index in [1.807, 2.05) is 0 Å². The van der Waals surface area contributed by atoms with Crippen LogP contribution in [0.4, 0.5) is 32.0 Å². The van der Waals surface area contributed by atoms with Crippen molar-refractivity contribution >= 4 is 21.7 Å². The lowest BCUT2D eigenvalue weighted by atomic mass is 10.1. The molecule has 220 valence electrons. The number of halogens is 6. The van der Waals surface area contributed by atoms with Crippen molar-refractivity contribution in [1.82, 2.24) is 4.72 Å². The average Bonchev–Trinajstić information content (AvgIpc) is 2.81. The molecule has 0 spiro atoms. The molecule has 0 amide bonds. The Morgan fingerprint density at radius 2 is 1.29 bits per heavy atom. The quantitative estimate of drug-likeness (QED) is 0.139. The van der Waals surface area contributed by atoms with Gasteiger partial charge in [-0.05, 0) is 31.0 Å². The maximum Gasteiger partial charge on any atom is 0.417 e. The summed E-state index contributed by atoms with van der Waals surface area (Å²) in [5.74, 6) is -1.17. The van der Waals surface area contributed by atoms with E-state index in [4.69, 9.17) is 5.11 Å². The standard InChI is InChI=1S/C25H38F6N2O4S/c1-33(20-14-15-21(24(26,27)28)22(19-20)25(29,30)31)17-18-38(36,37)32-16-12-10-8-6-4-2-3-5-7-9-11-13-23(34)35/h14-15,19,32H,2-13,16-18H2,1H3,(H,34,35). The molecule has 0 saturated carbocycles. The zero-order chi connectivity index (χ0) is 28.8. The molecule has 0 aliphatic heterocycles. The number of hydrogen-bond donors (Lipinski definition) is 2. The van der Waals surface area contributed by atoms with Gasteiger partial charge in [0.05, 0.1) is 16.9 Å². The van der Waals surface area contributed by atoms with Crippen molar-refractivity contribution in [2.45, 2.75) is 89.4 Å². The first-order chi connectivity index (χ1) is 17.6. The van der Waals surface area contributed by atoms with Gasteiger partial charge < -0.3 is 10.0 Å². The van der Waals surface area contributed by atoms with E-state index in [0.717, 1.165) is 70.3 Å². The number of hydrogen-bond acceptors (Lipinski definition) is 4. The van der Waals surface area contributed by atoms with Crippen molar-refractivity contribution in [3.63, 3.8) is 0 Å². The number of nitrogens with one attached hydrogen (secondary N) is 1. The number of unbranched alkanes of at least 4 members (excludes halogenated alkanes) is 10. The lowest BCUT2D eigenvalue weighted by molar-refractivity contribution is -0.162. The predicted octanol–water partition coefficient (Wildman–Crippen LogP) is 6.85. The number of carboxylic acid groups (broad SMARTS) is 1. The van der Waals surface area contributed by atoms with Gasteiger partial charge in [0, 0.05) is 32.2 Å². The van der Waals surface area contributed by atoms with Crippen LogP contribution in [-0.2, 0) is 27.2 Å². The van der Waals surface area contributed by atoms with E-state index >= 15 is 0 Å². The first-order valence-electron chi connectivity index (χ1n) is 12.8. The van der Waals surface area contributed by atoms with Crippen molar-refractivity contribution in [3.05, 3.63) is 29.3 Å². The van der Waals surface area contributed by atoms with Crippen LogP contribution in [0, 0.1) is 0 Å². The van der Waals surface area contributed by atoms with Crippen LogP contribution in [0.1, 0.15) is 88.2 Å². The van der Waals surface area contributed by atoms with Crippen LogP contribution in [0.5, 0.6) is 0 Å². The van der Waals surface area contributed by atoms with E-state index in [1.165, 1.54) is 11.9 Å². The zero-order valence-electron chi connectivity index (χ0n) is 21.6. The predicted molar refractivity (Wildman–Crippen MR) is 135 cm³/mol. The summed E-state index contributed by atoms with van der Waals surface area (Å²) < 4.78 is 105. The summed E-state index contributed by atoms with van der Waals surface area (Å²) in [5, 5.41) is 8.58. The Kier molecular flexibility index (Phi) is 14.5. The van der Waals surface area contributed by atoms with Crippen LogP contribution in [0.25, 0.3) is 0 Å². The highest BCUT2D eigenvalue weighted by atomic mass is 32.2. The third-order valence-corrected chi connectivity index (χ3v) is 7.50. The molecular weight excluding hydrogens is 538 g/mol. The number of carboxylic acids is 1. The Morgan fingerprint density at radius 3 is 1.76 bits per heavy atom. The van der Waals surface area contributed by atoms with Crippen LogP contribution in [0.3, 0.4) is 0 Å². The van der Waals surface area contributed by atoms with E-state index in [-0.39, 0.29) is 25.2 Å². The SMILES string of the molecule is CN(CCS(=O)(=O)NCCCCCCCCCCCCCC(=O)O)c1ccc(C(F)(F)F)c(C(F)(F)F)c1. The minimum absolute atomic E-state index is 0.168. The fourth-order valence-electron chi connectivity index (χ4n) is 3.93. The molecule has 13 heteroatoms. The molecule has 0 bridgehead atoms. The number of nitrogens with zero attached hydrogens (tertiary/aromatic N) is 1. The van der Waals surface area contributed by atoms with Crippen LogP contribution in [0.15, 0.2) is 18.2 Å². The summed E-state index contributed by atoms with van der Waals surface area (Å²) in [6.45, 7) is 0.0401. The topological polar surface area (TPSA) is 86.7 Å². The van der Waals surface area contributed by atoms with Gasteiger partial charge in [-0.3, -0.25) is 4.79 Å². The molecule has 1 aromatic carbocycles. The molecule has 1 rings (SSSR count). The second-order valence-electron chi connectivity index (χ2n) is 9.39. The molecule has 0 aliphatic rings. The summed E-state index contributed by atoms with van der Waals surface area (Å²) in [4.78, 5) is 11.6. The number of aliphatic carboxylic acids is 1. The van der Waals surface area contributed by atoms with Gasteiger partial charge in [-0.25, -0.2) is 13.1 Å². The van der Waals surface area contributed by atoms with E-state index < -0.39 is 45.2 Å². The molecule has 2 N–H and O–H groups in total. The van der Waals surface area contributed by atoms with E-state index in [0.29, 0.717) is 18.6 Å². The summed E-state index contributed by atoms with van der Waals surface area (Å²) >= 11 is 0. The van der Waals surface area contributed by atoms with Gasteiger partial charge in [0.2, 0.25) is 10.0 Å². The monoisotopic (exact) mass is 576 g/mol. The highest BCUT2D eigenvalue weighted by molar-refractivity contribution is 7.89. The molecule has 38 heavy (non-hydrogen) atoms.